The van der Waals surface area contributed by atoms with Gasteiger partial charge in [-0.1, -0.05) is 36.4 Å². The monoisotopic (exact) mass is 421 g/mol. The van der Waals surface area contributed by atoms with E-state index in [1.165, 1.54) is 16.5 Å². The van der Waals surface area contributed by atoms with Crippen molar-refractivity contribution in [1.29, 1.82) is 0 Å². The molecular weight excluding hydrogens is 398 g/mol. The lowest BCUT2D eigenvalue weighted by Crippen LogP contribution is -2.36. The number of anilines is 3. The number of rotatable bonds is 4. The Morgan fingerprint density at radius 3 is 2.53 bits per heavy atom. The molecule has 3 aromatic carbocycles. The number of aromatic nitrogens is 3. The number of nitrogens with one attached hydrogen (secondary N) is 1. The van der Waals surface area contributed by atoms with Crippen molar-refractivity contribution >= 4 is 33.6 Å². The molecule has 0 aliphatic carbocycles. The van der Waals surface area contributed by atoms with Crippen molar-refractivity contribution in [1.82, 2.24) is 14.4 Å². The SMILES string of the molecule is c1ccc2cc(-c3cn4ccnc4c(Nc4ccc(N5CCOCC5)cc4)n3)ccc2c1. The number of nitrogens with zero attached hydrogens (tertiary/aromatic N) is 4. The van der Waals surface area contributed by atoms with Gasteiger partial charge in [-0.25, -0.2) is 9.97 Å². The molecular formula is C26H23N5O. The maximum absolute atomic E-state index is 5.46. The van der Waals surface area contributed by atoms with Crippen molar-refractivity contribution < 1.29 is 4.74 Å². The van der Waals surface area contributed by atoms with E-state index in [0.29, 0.717) is 0 Å². The van der Waals surface area contributed by atoms with Gasteiger partial charge in [0.1, 0.15) is 0 Å². The Labute approximate surface area is 186 Å². The molecule has 0 spiro atoms. The van der Waals surface area contributed by atoms with Crippen molar-refractivity contribution in [3.05, 3.63) is 85.3 Å². The number of imidazole rings is 1. The second-order valence-corrected chi connectivity index (χ2v) is 7.97. The highest BCUT2D eigenvalue weighted by Crippen LogP contribution is 2.28. The molecule has 1 fully saturated rings. The van der Waals surface area contributed by atoms with Crippen LogP contribution in [0.3, 0.4) is 0 Å². The lowest BCUT2D eigenvalue weighted by Gasteiger charge is -2.28. The predicted octanol–water partition coefficient (Wildman–Crippen LogP) is 5.13. The van der Waals surface area contributed by atoms with Crippen LogP contribution in [0.1, 0.15) is 0 Å². The zero-order valence-corrected chi connectivity index (χ0v) is 17.6. The smallest absolute Gasteiger partial charge is 0.180 e. The minimum atomic E-state index is 0.736. The van der Waals surface area contributed by atoms with Crippen LogP contribution >= 0.6 is 0 Å². The molecule has 5 aromatic rings. The zero-order valence-electron chi connectivity index (χ0n) is 17.6. The minimum absolute atomic E-state index is 0.736. The van der Waals surface area contributed by atoms with E-state index in [0.717, 1.165) is 54.7 Å². The standard InChI is InChI=1S/C26H23N5O/c1-2-4-20-17-21(6-5-19(20)3-1)24-18-31-12-11-27-26(31)25(29-24)28-22-7-9-23(10-8-22)30-13-15-32-16-14-30/h1-12,17-18H,13-16H2,(H,28,29). The summed E-state index contributed by atoms with van der Waals surface area (Å²) in [6.45, 7) is 3.42. The molecule has 1 N–H and O–H groups in total. The lowest BCUT2D eigenvalue weighted by molar-refractivity contribution is 0.122. The van der Waals surface area contributed by atoms with Crippen LogP contribution < -0.4 is 10.2 Å². The third kappa shape index (κ3) is 3.55. The van der Waals surface area contributed by atoms with E-state index in [9.17, 15) is 0 Å². The van der Waals surface area contributed by atoms with E-state index in [1.807, 2.05) is 16.8 Å². The highest BCUT2D eigenvalue weighted by molar-refractivity contribution is 5.87. The molecule has 6 rings (SSSR count). The van der Waals surface area contributed by atoms with Crippen LogP contribution in [0.4, 0.5) is 17.2 Å². The fourth-order valence-electron chi connectivity index (χ4n) is 4.22. The van der Waals surface area contributed by atoms with Crippen LogP contribution in [-0.2, 0) is 4.74 Å². The van der Waals surface area contributed by atoms with Gasteiger partial charge < -0.3 is 19.4 Å². The Balaban J connectivity index is 1.34. The molecule has 6 nitrogen and oxygen atoms in total. The second-order valence-electron chi connectivity index (χ2n) is 7.97. The summed E-state index contributed by atoms with van der Waals surface area (Å²) in [5, 5.41) is 5.89. The molecule has 3 heterocycles. The lowest BCUT2D eigenvalue weighted by atomic mass is 10.1. The van der Waals surface area contributed by atoms with Gasteiger partial charge in [0.2, 0.25) is 0 Å². The Morgan fingerprint density at radius 2 is 1.69 bits per heavy atom. The Morgan fingerprint density at radius 1 is 0.875 bits per heavy atom. The first-order valence-corrected chi connectivity index (χ1v) is 10.9. The summed E-state index contributed by atoms with van der Waals surface area (Å²) >= 11 is 0. The Bertz CT molecular complexity index is 1390. The molecule has 2 aromatic heterocycles. The van der Waals surface area contributed by atoms with E-state index in [4.69, 9.17) is 9.72 Å². The van der Waals surface area contributed by atoms with Crippen LogP contribution in [0.5, 0.6) is 0 Å². The largest absolute Gasteiger partial charge is 0.378 e. The predicted molar refractivity (Wildman–Crippen MR) is 129 cm³/mol. The molecule has 0 bridgehead atoms. The van der Waals surface area contributed by atoms with Crippen LogP contribution in [0.2, 0.25) is 0 Å². The van der Waals surface area contributed by atoms with E-state index >= 15 is 0 Å². The number of hydrogen-bond acceptors (Lipinski definition) is 5. The number of hydrogen-bond donors (Lipinski definition) is 1. The van der Waals surface area contributed by atoms with Crippen LogP contribution in [-0.4, -0.2) is 40.7 Å². The molecule has 158 valence electrons. The summed E-state index contributed by atoms with van der Waals surface area (Å²) in [7, 11) is 0. The van der Waals surface area contributed by atoms with E-state index in [-0.39, 0.29) is 0 Å². The van der Waals surface area contributed by atoms with Gasteiger partial charge in [0.25, 0.3) is 0 Å². The van der Waals surface area contributed by atoms with E-state index < -0.39 is 0 Å². The van der Waals surface area contributed by atoms with Crippen LogP contribution in [0.15, 0.2) is 85.3 Å². The summed E-state index contributed by atoms with van der Waals surface area (Å²) in [6, 6.07) is 23.3. The van der Waals surface area contributed by atoms with Crippen molar-refractivity contribution in [3.63, 3.8) is 0 Å². The Hall–Kier alpha value is -3.90. The first-order chi connectivity index (χ1) is 15.8. The van der Waals surface area contributed by atoms with Gasteiger partial charge >= 0.3 is 0 Å². The van der Waals surface area contributed by atoms with Gasteiger partial charge in [-0.15, -0.1) is 0 Å². The number of morpholine rings is 1. The molecule has 1 aliphatic rings. The highest BCUT2D eigenvalue weighted by Gasteiger charge is 2.13. The third-order valence-electron chi connectivity index (χ3n) is 5.93. The summed E-state index contributed by atoms with van der Waals surface area (Å²) in [5.41, 5.74) is 4.96. The van der Waals surface area contributed by atoms with Crippen LogP contribution in [0, 0.1) is 0 Å². The maximum Gasteiger partial charge on any atom is 0.180 e. The van der Waals surface area contributed by atoms with Crippen molar-refractivity contribution in [2.45, 2.75) is 0 Å². The Kier molecular flexibility index (Phi) is 4.70. The van der Waals surface area contributed by atoms with Gasteiger partial charge in [0.15, 0.2) is 11.5 Å². The second kappa shape index (κ2) is 7.98. The number of benzene rings is 3. The van der Waals surface area contributed by atoms with Crippen molar-refractivity contribution in [3.8, 4) is 11.3 Å². The first-order valence-electron chi connectivity index (χ1n) is 10.9. The maximum atomic E-state index is 5.46. The molecule has 32 heavy (non-hydrogen) atoms. The molecule has 0 atom stereocenters. The molecule has 0 saturated carbocycles. The van der Waals surface area contributed by atoms with Gasteiger partial charge in [-0.05, 0) is 41.1 Å². The normalized spacial score (nSPS) is 14.2. The third-order valence-corrected chi connectivity index (χ3v) is 5.93. The van der Waals surface area contributed by atoms with Gasteiger partial charge in [-0.3, -0.25) is 0 Å². The van der Waals surface area contributed by atoms with E-state index in [1.54, 1.807) is 6.20 Å². The number of fused-ring (bicyclic) bond motifs is 2. The minimum Gasteiger partial charge on any atom is -0.378 e. The molecule has 0 amide bonds. The molecule has 0 radical (unpaired) electrons. The van der Waals surface area contributed by atoms with Gasteiger partial charge in [0, 0.05) is 48.6 Å². The summed E-state index contributed by atoms with van der Waals surface area (Å²) in [6.07, 6.45) is 5.78. The van der Waals surface area contributed by atoms with Crippen molar-refractivity contribution in [2.24, 2.45) is 0 Å². The fraction of sp³-hybridized carbons (Fsp3) is 0.154. The summed E-state index contributed by atoms with van der Waals surface area (Å²) < 4.78 is 7.47. The van der Waals surface area contributed by atoms with Gasteiger partial charge in [-0.2, -0.15) is 0 Å². The number of ether oxygens (including phenoxy) is 1. The average Bonchev–Trinajstić information content (AvgIpc) is 3.34. The van der Waals surface area contributed by atoms with Crippen LogP contribution in [0.25, 0.3) is 27.7 Å². The highest BCUT2D eigenvalue weighted by atomic mass is 16.5. The molecule has 6 heteroatoms. The summed E-state index contributed by atoms with van der Waals surface area (Å²) in [4.78, 5) is 11.8. The average molecular weight is 422 g/mol. The van der Waals surface area contributed by atoms with Gasteiger partial charge in [0.05, 0.1) is 18.9 Å². The first kappa shape index (κ1) is 18.8. The fourth-order valence-corrected chi connectivity index (χ4v) is 4.22. The molecule has 1 saturated heterocycles. The molecule has 1 aliphatic heterocycles. The van der Waals surface area contributed by atoms with E-state index in [2.05, 4.69) is 81.9 Å². The quantitative estimate of drug-likeness (QED) is 0.436. The summed E-state index contributed by atoms with van der Waals surface area (Å²) in [5.74, 6) is 0.736. The zero-order chi connectivity index (χ0) is 21.3. The van der Waals surface area contributed by atoms with Crippen molar-refractivity contribution in [2.75, 3.05) is 36.5 Å². The molecule has 0 unspecified atom stereocenters. The topological polar surface area (TPSA) is 54.7 Å².